The molecule has 0 fully saturated rings. The third kappa shape index (κ3) is 14.8. The van der Waals surface area contributed by atoms with Crippen LogP contribution in [0.4, 0.5) is 0 Å². The van der Waals surface area contributed by atoms with Gasteiger partial charge < -0.3 is 0 Å². The van der Waals surface area contributed by atoms with Crippen molar-refractivity contribution < 1.29 is 0 Å². The van der Waals surface area contributed by atoms with E-state index >= 15 is 0 Å². The Labute approximate surface area is 168 Å². The Hall–Kier alpha value is -0.350. The zero-order valence-corrected chi connectivity index (χ0v) is 18.8. The maximum Gasteiger partial charge on any atom is -0.0194 e. The van der Waals surface area contributed by atoms with E-state index in [2.05, 4.69) is 47.2 Å². The molecule has 0 saturated carbocycles. The van der Waals surface area contributed by atoms with Gasteiger partial charge in [0.15, 0.2) is 0 Å². The van der Waals surface area contributed by atoms with Crippen molar-refractivity contribution in [3.05, 3.63) is 38.0 Å². The van der Waals surface area contributed by atoms with Crippen LogP contribution in [-0.2, 0) is 0 Å². The molecule has 0 nitrogen and oxygen atoms in total. The molecule has 0 aromatic carbocycles. The first kappa shape index (κ1) is 25.6. The molecule has 0 aliphatic heterocycles. The van der Waals surface area contributed by atoms with E-state index in [4.69, 9.17) is 0 Å². The highest BCUT2D eigenvalue weighted by Crippen LogP contribution is 2.38. The normalized spacial score (nSPS) is 11.4. The highest BCUT2D eigenvalue weighted by molar-refractivity contribution is 7.16. The number of hydrogen-bond acceptors (Lipinski definition) is 0. The van der Waals surface area contributed by atoms with Crippen molar-refractivity contribution in [2.45, 2.75) is 109 Å². The fourth-order valence-electron chi connectivity index (χ4n) is 4.06. The fourth-order valence-corrected chi connectivity index (χ4v) is 4.35. The minimum Gasteiger partial charge on any atom is -0.138 e. The van der Waals surface area contributed by atoms with Gasteiger partial charge in [0.2, 0.25) is 0 Å². The van der Waals surface area contributed by atoms with E-state index < -0.39 is 0 Å². The molecule has 1 heteroatoms. The summed E-state index contributed by atoms with van der Waals surface area (Å²) in [5.74, 6) is 0. The van der Waals surface area contributed by atoms with Gasteiger partial charge in [-0.3, -0.25) is 0 Å². The standard InChI is InChI=1S/C25H47P/c1-4-20-25(21-5-2,22-6-3)23-18-16-14-12-10-8-7-9-11-13-15-17-19-24-26/h4-6H,1-3,7-24,26H2. The van der Waals surface area contributed by atoms with Crippen molar-refractivity contribution >= 4 is 9.24 Å². The van der Waals surface area contributed by atoms with Gasteiger partial charge in [-0.15, -0.1) is 29.0 Å². The summed E-state index contributed by atoms with van der Waals surface area (Å²) in [6.45, 7) is 11.9. The molecule has 1 atom stereocenters. The molecular formula is C25H47P. The van der Waals surface area contributed by atoms with Crippen molar-refractivity contribution in [2.24, 2.45) is 5.41 Å². The molecule has 0 N–H and O–H groups in total. The third-order valence-electron chi connectivity index (χ3n) is 5.64. The summed E-state index contributed by atoms with van der Waals surface area (Å²) in [5.41, 5.74) is 0.335. The molecule has 0 bridgehead atoms. The van der Waals surface area contributed by atoms with Crippen LogP contribution in [0, 0.1) is 5.41 Å². The molecule has 0 aliphatic rings. The molecule has 0 aromatic rings. The number of hydrogen-bond donors (Lipinski definition) is 0. The molecule has 152 valence electrons. The zero-order chi connectivity index (χ0) is 19.3. The Morgan fingerprint density at radius 1 is 0.500 bits per heavy atom. The smallest absolute Gasteiger partial charge is 0.0194 e. The van der Waals surface area contributed by atoms with Gasteiger partial charge in [-0.05, 0) is 43.7 Å². The Morgan fingerprint density at radius 3 is 1.12 bits per heavy atom. The molecule has 26 heavy (non-hydrogen) atoms. The second-order valence-corrected chi connectivity index (χ2v) is 8.69. The van der Waals surface area contributed by atoms with Crippen molar-refractivity contribution in [1.82, 2.24) is 0 Å². The van der Waals surface area contributed by atoms with Crippen LogP contribution in [0.25, 0.3) is 0 Å². The third-order valence-corrected chi connectivity index (χ3v) is 6.05. The van der Waals surface area contributed by atoms with E-state index in [0.29, 0.717) is 5.41 Å². The highest BCUT2D eigenvalue weighted by atomic mass is 31.0. The number of unbranched alkanes of at least 4 members (excludes halogenated alkanes) is 12. The lowest BCUT2D eigenvalue weighted by atomic mass is 9.74. The maximum absolute atomic E-state index is 3.96. The van der Waals surface area contributed by atoms with Crippen LogP contribution in [0.15, 0.2) is 38.0 Å². The Bertz CT molecular complexity index is 305. The quantitative estimate of drug-likeness (QED) is 0.106. The van der Waals surface area contributed by atoms with Crippen molar-refractivity contribution in [1.29, 1.82) is 0 Å². The van der Waals surface area contributed by atoms with Gasteiger partial charge in [0.05, 0.1) is 0 Å². The van der Waals surface area contributed by atoms with Crippen LogP contribution in [-0.4, -0.2) is 6.16 Å². The Morgan fingerprint density at radius 2 is 0.808 bits per heavy atom. The molecule has 0 rings (SSSR count). The predicted molar refractivity (Wildman–Crippen MR) is 126 cm³/mol. The first-order valence-electron chi connectivity index (χ1n) is 11.3. The lowest BCUT2D eigenvalue weighted by Crippen LogP contribution is -2.18. The largest absolute Gasteiger partial charge is 0.138 e. The highest BCUT2D eigenvalue weighted by Gasteiger charge is 2.25. The molecule has 0 aliphatic carbocycles. The predicted octanol–water partition coefficient (Wildman–Crippen LogP) is 9.04. The van der Waals surface area contributed by atoms with Gasteiger partial charge in [0.1, 0.15) is 0 Å². The van der Waals surface area contributed by atoms with Crippen molar-refractivity contribution in [2.75, 3.05) is 6.16 Å². The average Bonchev–Trinajstić information content (AvgIpc) is 2.63. The first-order chi connectivity index (χ1) is 12.7. The van der Waals surface area contributed by atoms with E-state index in [-0.39, 0.29) is 0 Å². The van der Waals surface area contributed by atoms with E-state index in [9.17, 15) is 0 Å². The second-order valence-electron chi connectivity index (χ2n) is 8.11. The Balaban J connectivity index is 3.57. The molecule has 0 spiro atoms. The summed E-state index contributed by atoms with van der Waals surface area (Å²) in [6.07, 6.45) is 30.5. The average molecular weight is 379 g/mol. The molecule has 0 aromatic heterocycles. The van der Waals surface area contributed by atoms with Crippen molar-refractivity contribution in [3.8, 4) is 0 Å². The first-order valence-corrected chi connectivity index (χ1v) is 12.1. The molecular weight excluding hydrogens is 331 g/mol. The maximum atomic E-state index is 3.96. The van der Waals surface area contributed by atoms with Crippen LogP contribution < -0.4 is 0 Å². The van der Waals surface area contributed by atoms with E-state index in [1.165, 1.54) is 96.1 Å². The summed E-state index contributed by atoms with van der Waals surface area (Å²) in [6, 6.07) is 0. The lowest BCUT2D eigenvalue weighted by molar-refractivity contribution is 0.260. The van der Waals surface area contributed by atoms with Gasteiger partial charge in [0.25, 0.3) is 0 Å². The van der Waals surface area contributed by atoms with E-state index in [1.807, 2.05) is 0 Å². The van der Waals surface area contributed by atoms with Crippen LogP contribution in [0.1, 0.15) is 109 Å². The van der Waals surface area contributed by atoms with Gasteiger partial charge >= 0.3 is 0 Å². The summed E-state index contributed by atoms with van der Waals surface area (Å²) >= 11 is 0. The zero-order valence-electron chi connectivity index (χ0n) is 17.7. The SMILES string of the molecule is C=CCC(CC=C)(CC=C)CCCCCCCCCCCCCCCP. The lowest BCUT2D eigenvalue weighted by Gasteiger charge is -2.31. The van der Waals surface area contributed by atoms with Crippen LogP contribution in [0.5, 0.6) is 0 Å². The van der Waals surface area contributed by atoms with Crippen LogP contribution in [0.3, 0.4) is 0 Å². The Kier molecular flexibility index (Phi) is 19.2. The van der Waals surface area contributed by atoms with Crippen LogP contribution in [0.2, 0.25) is 0 Å². The van der Waals surface area contributed by atoms with Gasteiger partial charge in [-0.2, -0.15) is 0 Å². The summed E-state index contributed by atoms with van der Waals surface area (Å²) in [5, 5.41) is 0. The van der Waals surface area contributed by atoms with Crippen LogP contribution >= 0.6 is 9.24 Å². The minimum absolute atomic E-state index is 0.335. The summed E-state index contributed by atoms with van der Waals surface area (Å²) < 4.78 is 0. The van der Waals surface area contributed by atoms with Gasteiger partial charge in [-0.25, -0.2) is 0 Å². The molecule has 0 heterocycles. The molecule has 0 saturated heterocycles. The molecule has 0 radical (unpaired) electrons. The van der Waals surface area contributed by atoms with Crippen molar-refractivity contribution in [3.63, 3.8) is 0 Å². The molecule has 0 amide bonds. The second kappa shape index (κ2) is 19.4. The number of rotatable bonds is 21. The topological polar surface area (TPSA) is 0 Å². The summed E-state index contributed by atoms with van der Waals surface area (Å²) in [7, 11) is 2.83. The monoisotopic (exact) mass is 378 g/mol. The summed E-state index contributed by atoms with van der Waals surface area (Å²) in [4.78, 5) is 0. The minimum atomic E-state index is 0.335. The fraction of sp³-hybridized carbons (Fsp3) is 0.760. The molecule has 1 unspecified atom stereocenters. The number of allylic oxidation sites excluding steroid dienone is 3. The van der Waals surface area contributed by atoms with Gasteiger partial charge in [0, 0.05) is 0 Å². The van der Waals surface area contributed by atoms with E-state index in [1.54, 1.807) is 0 Å². The van der Waals surface area contributed by atoms with E-state index in [0.717, 1.165) is 19.3 Å². The van der Waals surface area contributed by atoms with Gasteiger partial charge in [-0.1, -0.05) is 95.3 Å².